The van der Waals surface area contributed by atoms with Crippen LogP contribution in [0.4, 0.5) is 0 Å². The normalized spacial score (nSPS) is 13.9. The summed E-state index contributed by atoms with van der Waals surface area (Å²) in [4.78, 5) is 9.06. The smallest absolute Gasteiger partial charge is 0.0970 e. The number of pyridine rings is 2. The summed E-state index contributed by atoms with van der Waals surface area (Å²) < 4.78 is 0. The zero-order valence-corrected chi connectivity index (χ0v) is 17.0. The predicted octanol–water partition coefficient (Wildman–Crippen LogP) is 7.38. The van der Waals surface area contributed by atoms with Crippen molar-refractivity contribution >= 4 is 27.4 Å². The van der Waals surface area contributed by atoms with Crippen LogP contribution in [-0.4, -0.2) is 9.97 Å². The van der Waals surface area contributed by atoms with E-state index in [1.54, 1.807) is 6.08 Å². The second kappa shape index (κ2) is 10.1. The second-order valence-corrected chi connectivity index (χ2v) is 6.71. The van der Waals surface area contributed by atoms with E-state index in [0.29, 0.717) is 0 Å². The van der Waals surface area contributed by atoms with Gasteiger partial charge >= 0.3 is 0 Å². The first-order valence-electron chi connectivity index (χ1n) is 9.83. The molecule has 0 unspecified atom stereocenters. The van der Waals surface area contributed by atoms with E-state index < -0.39 is 0 Å². The van der Waals surface area contributed by atoms with Gasteiger partial charge in [0.15, 0.2) is 0 Å². The molecule has 0 aliphatic heterocycles. The number of hydrogen-bond donors (Lipinski definition) is 0. The van der Waals surface area contributed by atoms with Gasteiger partial charge in [-0.25, -0.2) is 0 Å². The number of hydrogen-bond acceptors (Lipinski definition) is 2. The average Bonchev–Trinajstić information content (AvgIpc) is 3.07. The first-order chi connectivity index (χ1) is 14.2. The van der Waals surface area contributed by atoms with Gasteiger partial charge in [-0.3, -0.25) is 9.97 Å². The Kier molecular flexibility index (Phi) is 7.07. The van der Waals surface area contributed by atoms with E-state index in [0.717, 1.165) is 28.2 Å². The van der Waals surface area contributed by atoms with Crippen molar-refractivity contribution in [2.75, 3.05) is 0 Å². The van der Waals surface area contributed by atoms with Crippen molar-refractivity contribution in [1.82, 2.24) is 9.97 Å². The van der Waals surface area contributed by atoms with E-state index >= 15 is 0 Å². The van der Waals surface area contributed by atoms with Gasteiger partial charge in [0.05, 0.1) is 11.0 Å². The molecule has 0 spiro atoms. The van der Waals surface area contributed by atoms with Gasteiger partial charge in [-0.1, -0.05) is 85.0 Å². The first kappa shape index (κ1) is 20.2. The topological polar surface area (TPSA) is 25.8 Å². The molecule has 0 fully saturated rings. The molecule has 1 aliphatic carbocycles. The van der Waals surface area contributed by atoms with E-state index in [2.05, 4.69) is 84.2 Å². The Balaban J connectivity index is 0.000000258. The summed E-state index contributed by atoms with van der Waals surface area (Å²) in [5.41, 5.74) is 5.62. The Morgan fingerprint density at radius 2 is 1.90 bits per heavy atom. The lowest BCUT2D eigenvalue weighted by molar-refractivity contribution is 1.37. The van der Waals surface area contributed by atoms with E-state index in [-0.39, 0.29) is 0 Å². The molecule has 2 heterocycles. The van der Waals surface area contributed by atoms with Crippen LogP contribution in [0.15, 0.2) is 110 Å². The molecule has 1 aliphatic rings. The summed E-state index contributed by atoms with van der Waals surface area (Å²) in [6, 6.07) is 10.4. The van der Waals surface area contributed by atoms with Crippen molar-refractivity contribution in [1.29, 1.82) is 0 Å². The molecule has 0 radical (unpaired) electrons. The van der Waals surface area contributed by atoms with Gasteiger partial charge in [-0.2, -0.15) is 0 Å². The lowest BCUT2D eigenvalue weighted by atomic mass is 9.99. The Labute approximate surface area is 173 Å². The Hall–Kier alpha value is -3.52. The maximum absolute atomic E-state index is 4.56. The highest BCUT2D eigenvalue weighted by Gasteiger charge is 2.08. The summed E-state index contributed by atoms with van der Waals surface area (Å²) in [6.07, 6.45) is 23.2. The van der Waals surface area contributed by atoms with E-state index in [1.165, 1.54) is 16.7 Å². The molecule has 1 aromatic carbocycles. The minimum Gasteiger partial charge on any atom is -0.254 e. The molecule has 2 heteroatoms. The molecule has 0 N–H and O–H groups in total. The van der Waals surface area contributed by atoms with Crippen LogP contribution < -0.4 is 0 Å². The van der Waals surface area contributed by atoms with Gasteiger partial charge in [0.25, 0.3) is 0 Å². The molecule has 0 saturated heterocycles. The highest BCUT2D eigenvalue weighted by molar-refractivity contribution is 6.07. The standard InChI is InChI=1S/C19H14N2.C8H12/c1-2-4-7-14(6-3-1)16-11-13-21-19-17(16)10-9-15-8-5-12-20-18(15)19;1-4-6-7-8(3)5-2/h1,3-13H,2H2;4-7H,1H2,2-3H3/b;7-6-,8-5-. The molecular formula is C27H26N2. The molecule has 2 aromatic heterocycles. The molecular weight excluding hydrogens is 352 g/mol. The van der Waals surface area contributed by atoms with Crippen LogP contribution in [0.25, 0.3) is 27.4 Å². The fraction of sp³-hybridized carbons (Fsp3) is 0.111. The van der Waals surface area contributed by atoms with Crippen LogP contribution in [0.1, 0.15) is 25.8 Å². The third-order valence-corrected chi connectivity index (χ3v) is 4.73. The van der Waals surface area contributed by atoms with Crippen LogP contribution in [0.3, 0.4) is 0 Å². The maximum Gasteiger partial charge on any atom is 0.0970 e. The molecule has 0 amide bonds. The van der Waals surface area contributed by atoms with Crippen LogP contribution in [0.2, 0.25) is 0 Å². The first-order valence-corrected chi connectivity index (χ1v) is 9.83. The molecule has 29 heavy (non-hydrogen) atoms. The summed E-state index contributed by atoms with van der Waals surface area (Å²) >= 11 is 0. The number of allylic oxidation sites excluding steroid dienone is 11. The number of benzene rings is 1. The molecule has 0 atom stereocenters. The van der Waals surface area contributed by atoms with E-state index in [4.69, 9.17) is 0 Å². The molecule has 3 aromatic rings. The molecule has 4 rings (SSSR count). The van der Waals surface area contributed by atoms with Gasteiger partial charge < -0.3 is 0 Å². The zero-order valence-electron chi connectivity index (χ0n) is 17.0. The highest BCUT2D eigenvalue weighted by Crippen LogP contribution is 2.29. The average molecular weight is 379 g/mol. The number of rotatable bonds is 3. The monoisotopic (exact) mass is 378 g/mol. The lowest BCUT2D eigenvalue weighted by Gasteiger charge is -2.08. The van der Waals surface area contributed by atoms with Crippen molar-refractivity contribution in [3.05, 3.63) is 115 Å². The van der Waals surface area contributed by atoms with Gasteiger partial charge in [-0.15, -0.1) is 0 Å². The van der Waals surface area contributed by atoms with Crippen molar-refractivity contribution < 1.29 is 0 Å². The van der Waals surface area contributed by atoms with Crippen molar-refractivity contribution in [3.63, 3.8) is 0 Å². The summed E-state index contributed by atoms with van der Waals surface area (Å²) in [5, 5.41) is 2.27. The third kappa shape index (κ3) is 5.05. The van der Waals surface area contributed by atoms with Crippen LogP contribution in [-0.2, 0) is 0 Å². The van der Waals surface area contributed by atoms with Crippen molar-refractivity contribution in [3.8, 4) is 0 Å². The zero-order chi connectivity index (χ0) is 20.5. The molecule has 144 valence electrons. The van der Waals surface area contributed by atoms with Crippen molar-refractivity contribution in [2.45, 2.75) is 20.3 Å². The fourth-order valence-corrected chi connectivity index (χ4v) is 3.08. The van der Waals surface area contributed by atoms with Crippen LogP contribution in [0, 0.1) is 0 Å². The predicted molar refractivity (Wildman–Crippen MR) is 127 cm³/mol. The van der Waals surface area contributed by atoms with Crippen LogP contribution >= 0.6 is 0 Å². The van der Waals surface area contributed by atoms with Crippen LogP contribution in [0.5, 0.6) is 0 Å². The van der Waals surface area contributed by atoms with Gasteiger partial charge in [0.1, 0.15) is 0 Å². The van der Waals surface area contributed by atoms with Gasteiger partial charge in [-0.05, 0) is 43.5 Å². The fourth-order valence-electron chi connectivity index (χ4n) is 3.08. The minimum absolute atomic E-state index is 0.964. The van der Waals surface area contributed by atoms with Crippen molar-refractivity contribution in [2.24, 2.45) is 0 Å². The maximum atomic E-state index is 4.56. The van der Waals surface area contributed by atoms with Gasteiger partial charge in [0.2, 0.25) is 0 Å². The summed E-state index contributed by atoms with van der Waals surface area (Å²) in [7, 11) is 0. The largest absolute Gasteiger partial charge is 0.254 e. The highest BCUT2D eigenvalue weighted by atomic mass is 14.7. The number of aromatic nitrogens is 2. The Morgan fingerprint density at radius 3 is 2.72 bits per heavy atom. The summed E-state index contributed by atoms with van der Waals surface area (Å²) in [5.74, 6) is 0. The van der Waals surface area contributed by atoms with E-state index in [1.807, 2.05) is 37.5 Å². The Bertz CT molecular complexity index is 1160. The quantitative estimate of drug-likeness (QED) is 0.351. The molecule has 2 nitrogen and oxygen atoms in total. The minimum atomic E-state index is 0.964. The molecule has 0 saturated carbocycles. The summed E-state index contributed by atoms with van der Waals surface area (Å²) in [6.45, 7) is 7.63. The number of nitrogens with zero attached hydrogens (tertiary/aromatic N) is 2. The number of fused-ring (bicyclic) bond motifs is 3. The second-order valence-electron chi connectivity index (χ2n) is 6.71. The van der Waals surface area contributed by atoms with E-state index in [9.17, 15) is 0 Å². The Morgan fingerprint density at radius 1 is 1.03 bits per heavy atom. The third-order valence-electron chi connectivity index (χ3n) is 4.73. The lowest BCUT2D eigenvalue weighted by Crippen LogP contribution is -1.89. The van der Waals surface area contributed by atoms with Gasteiger partial charge in [0, 0.05) is 23.2 Å². The SMILES string of the molecule is C1=CCC=CC(c2ccnc3c2ccc2cccnc23)=C1.C=C/C=C\C(C)=C/C. The molecule has 0 bridgehead atoms.